The molecule has 1 aromatic heterocycles. The highest BCUT2D eigenvalue weighted by Crippen LogP contribution is 2.17. The number of ether oxygens (including phenoxy) is 2. The molecule has 0 aliphatic heterocycles. The van der Waals surface area contributed by atoms with Crippen molar-refractivity contribution in [2.45, 2.75) is 12.7 Å². The van der Waals surface area contributed by atoms with Gasteiger partial charge in [-0.05, 0) is 17.7 Å². The fourth-order valence-electron chi connectivity index (χ4n) is 2.25. The van der Waals surface area contributed by atoms with E-state index in [1.54, 1.807) is 13.1 Å². The lowest BCUT2D eigenvalue weighted by Gasteiger charge is -2.22. The molecule has 152 valence electrons. The van der Waals surface area contributed by atoms with Crippen molar-refractivity contribution in [1.82, 2.24) is 15.2 Å². The molecule has 0 aliphatic rings. The van der Waals surface area contributed by atoms with E-state index in [0.29, 0.717) is 25.7 Å². The number of benzene rings is 1. The molecule has 0 spiro atoms. The van der Waals surface area contributed by atoms with Gasteiger partial charge in [-0.2, -0.15) is 13.2 Å². The number of likely N-dealkylation sites (N-methyl/N-ethyl adjacent to an activating group) is 1. The molecule has 1 N–H and O–H groups in total. The topological polar surface area (TPSA) is 59.0 Å². The summed E-state index contributed by atoms with van der Waals surface area (Å²) in [5.41, 5.74) is 0.787. The summed E-state index contributed by atoms with van der Waals surface area (Å²) >= 11 is 0. The molecule has 2 rings (SSSR count). The number of guanidine groups is 1. The number of nitrogens with zero attached hydrogens (tertiary/aromatic N) is 3. The van der Waals surface area contributed by atoms with Gasteiger partial charge in [0.2, 0.25) is 5.88 Å². The molecule has 0 bridgehead atoms. The van der Waals surface area contributed by atoms with Crippen LogP contribution in [-0.2, 0) is 6.54 Å². The molecule has 0 saturated carbocycles. The minimum absolute atomic E-state index is 0.0689. The maximum atomic E-state index is 12.1. The highest BCUT2D eigenvalue weighted by atomic mass is 19.4. The van der Waals surface area contributed by atoms with Crippen LogP contribution in [0.15, 0.2) is 53.7 Å². The van der Waals surface area contributed by atoms with Crippen molar-refractivity contribution >= 4 is 5.96 Å². The quantitative estimate of drug-likeness (QED) is 0.549. The van der Waals surface area contributed by atoms with Gasteiger partial charge in [-0.25, -0.2) is 4.98 Å². The number of halogens is 3. The van der Waals surface area contributed by atoms with Crippen LogP contribution in [0.5, 0.6) is 11.6 Å². The van der Waals surface area contributed by atoms with Crippen LogP contribution in [0.3, 0.4) is 0 Å². The molecule has 1 aromatic carbocycles. The third-order valence-corrected chi connectivity index (χ3v) is 3.64. The lowest BCUT2D eigenvalue weighted by atomic mass is 10.3. The average Bonchev–Trinajstić information content (AvgIpc) is 2.68. The van der Waals surface area contributed by atoms with Crippen molar-refractivity contribution in [1.29, 1.82) is 0 Å². The standard InChI is InChI=1S/C19H23F3N4O2/c1-23-18(26(2)10-11-27-16-6-4-3-5-7-16)25-13-15-8-9-17(24-12-15)28-14-19(20,21)22/h3-9,12H,10-11,13-14H2,1-2H3,(H,23,25). The number of aliphatic imine (C=N–C) groups is 1. The first-order valence-electron chi connectivity index (χ1n) is 8.61. The average molecular weight is 396 g/mol. The molecule has 1 heterocycles. The minimum Gasteiger partial charge on any atom is -0.492 e. The van der Waals surface area contributed by atoms with E-state index in [2.05, 4.69) is 20.0 Å². The highest BCUT2D eigenvalue weighted by molar-refractivity contribution is 5.79. The molecule has 0 atom stereocenters. The Morgan fingerprint density at radius 1 is 1.14 bits per heavy atom. The monoisotopic (exact) mass is 396 g/mol. The summed E-state index contributed by atoms with van der Waals surface area (Å²) < 4.78 is 46.7. The third-order valence-electron chi connectivity index (χ3n) is 3.64. The molecule has 9 heteroatoms. The highest BCUT2D eigenvalue weighted by Gasteiger charge is 2.28. The third kappa shape index (κ3) is 7.73. The summed E-state index contributed by atoms with van der Waals surface area (Å²) in [5, 5.41) is 3.17. The number of alkyl halides is 3. The Morgan fingerprint density at radius 2 is 1.89 bits per heavy atom. The van der Waals surface area contributed by atoms with Crippen LogP contribution in [0.4, 0.5) is 13.2 Å². The van der Waals surface area contributed by atoms with Gasteiger partial charge in [0.15, 0.2) is 12.6 Å². The van der Waals surface area contributed by atoms with Crippen molar-refractivity contribution in [3.05, 3.63) is 54.2 Å². The lowest BCUT2D eigenvalue weighted by Crippen LogP contribution is -2.40. The van der Waals surface area contributed by atoms with Crippen molar-refractivity contribution in [3.63, 3.8) is 0 Å². The molecule has 28 heavy (non-hydrogen) atoms. The second-order valence-corrected chi connectivity index (χ2v) is 5.89. The number of hydrogen-bond donors (Lipinski definition) is 1. The predicted octanol–water partition coefficient (Wildman–Crippen LogP) is 3.11. The Balaban J connectivity index is 1.76. The van der Waals surface area contributed by atoms with Gasteiger partial charge in [0, 0.05) is 32.9 Å². The SMILES string of the molecule is CN=C(NCc1ccc(OCC(F)(F)F)nc1)N(C)CCOc1ccccc1. The van der Waals surface area contributed by atoms with Crippen LogP contribution >= 0.6 is 0 Å². The van der Waals surface area contributed by atoms with E-state index < -0.39 is 12.8 Å². The summed E-state index contributed by atoms with van der Waals surface area (Å²) in [6, 6.07) is 12.6. The van der Waals surface area contributed by atoms with Gasteiger partial charge in [0.1, 0.15) is 12.4 Å². The molecule has 0 amide bonds. The summed E-state index contributed by atoms with van der Waals surface area (Å²) in [5.74, 6) is 1.40. The normalized spacial score (nSPS) is 11.8. The first-order chi connectivity index (χ1) is 13.4. The van der Waals surface area contributed by atoms with Gasteiger partial charge >= 0.3 is 6.18 Å². The molecule has 0 saturated heterocycles. The molecule has 0 aliphatic carbocycles. The minimum atomic E-state index is -4.39. The van der Waals surface area contributed by atoms with E-state index in [4.69, 9.17) is 4.74 Å². The Labute approximate surface area is 162 Å². The van der Waals surface area contributed by atoms with Gasteiger partial charge < -0.3 is 19.7 Å². The predicted molar refractivity (Wildman–Crippen MR) is 101 cm³/mol. The molecule has 6 nitrogen and oxygen atoms in total. The van der Waals surface area contributed by atoms with Gasteiger partial charge in [0.25, 0.3) is 0 Å². The Hall–Kier alpha value is -2.97. The van der Waals surface area contributed by atoms with Gasteiger partial charge in [-0.3, -0.25) is 4.99 Å². The maximum Gasteiger partial charge on any atom is 0.422 e. The zero-order valence-electron chi connectivity index (χ0n) is 15.7. The van der Waals surface area contributed by atoms with Crippen LogP contribution in [0.2, 0.25) is 0 Å². The second-order valence-electron chi connectivity index (χ2n) is 5.89. The van der Waals surface area contributed by atoms with E-state index in [0.717, 1.165) is 11.3 Å². The van der Waals surface area contributed by atoms with E-state index in [-0.39, 0.29) is 5.88 Å². The lowest BCUT2D eigenvalue weighted by molar-refractivity contribution is -0.154. The van der Waals surface area contributed by atoms with Crippen molar-refractivity contribution < 1.29 is 22.6 Å². The van der Waals surface area contributed by atoms with Gasteiger partial charge in [-0.15, -0.1) is 0 Å². The van der Waals surface area contributed by atoms with Crippen molar-refractivity contribution in [3.8, 4) is 11.6 Å². The van der Waals surface area contributed by atoms with Gasteiger partial charge in [0.05, 0.1) is 6.54 Å². The zero-order valence-corrected chi connectivity index (χ0v) is 15.7. The van der Waals surface area contributed by atoms with Crippen LogP contribution in [0, 0.1) is 0 Å². The first kappa shape index (κ1) is 21.3. The van der Waals surface area contributed by atoms with Crippen molar-refractivity contribution in [2.75, 3.05) is 33.9 Å². The Bertz CT molecular complexity index is 737. The summed E-state index contributed by atoms with van der Waals surface area (Å²) in [6.07, 6.45) is -2.92. The van der Waals surface area contributed by atoms with Crippen LogP contribution in [0.1, 0.15) is 5.56 Å². The number of rotatable bonds is 8. The smallest absolute Gasteiger partial charge is 0.422 e. The molecular weight excluding hydrogens is 373 g/mol. The maximum absolute atomic E-state index is 12.1. The van der Waals surface area contributed by atoms with Crippen LogP contribution in [-0.4, -0.2) is 55.9 Å². The van der Waals surface area contributed by atoms with E-state index >= 15 is 0 Å². The fourth-order valence-corrected chi connectivity index (χ4v) is 2.25. The first-order valence-corrected chi connectivity index (χ1v) is 8.61. The summed E-state index contributed by atoms with van der Waals surface area (Å²) in [7, 11) is 3.55. The molecule has 0 radical (unpaired) electrons. The molecular formula is C19H23F3N4O2. The second kappa shape index (κ2) is 10.4. The zero-order chi connectivity index (χ0) is 20.4. The number of nitrogens with one attached hydrogen (secondary N) is 1. The Morgan fingerprint density at radius 3 is 2.50 bits per heavy atom. The number of aromatic nitrogens is 1. The van der Waals surface area contributed by atoms with Crippen LogP contribution in [0.25, 0.3) is 0 Å². The molecule has 0 unspecified atom stereocenters. The summed E-state index contributed by atoms with van der Waals surface area (Å²) in [6.45, 7) is 0.175. The van der Waals surface area contributed by atoms with Crippen molar-refractivity contribution in [2.24, 2.45) is 4.99 Å². The van der Waals surface area contributed by atoms with Gasteiger partial charge in [-0.1, -0.05) is 24.3 Å². The number of hydrogen-bond acceptors (Lipinski definition) is 4. The number of para-hydroxylation sites is 1. The molecule has 2 aromatic rings. The number of pyridine rings is 1. The Kier molecular flexibility index (Phi) is 7.91. The van der Waals surface area contributed by atoms with Crippen LogP contribution < -0.4 is 14.8 Å². The van der Waals surface area contributed by atoms with E-state index in [1.807, 2.05) is 42.3 Å². The largest absolute Gasteiger partial charge is 0.492 e. The fraction of sp³-hybridized carbons (Fsp3) is 0.368. The molecule has 0 fully saturated rings. The van der Waals surface area contributed by atoms with E-state index in [1.165, 1.54) is 12.3 Å². The summed E-state index contributed by atoms with van der Waals surface area (Å²) in [4.78, 5) is 10.0. The van der Waals surface area contributed by atoms with E-state index in [9.17, 15) is 13.2 Å².